The number of likely N-dealkylation sites (tertiary alicyclic amines) is 1. The fourth-order valence-corrected chi connectivity index (χ4v) is 6.57. The topological polar surface area (TPSA) is 23.5 Å². The van der Waals surface area contributed by atoms with Crippen LogP contribution in [0.3, 0.4) is 0 Å². The van der Waals surface area contributed by atoms with E-state index in [4.69, 9.17) is 0 Å². The van der Waals surface area contributed by atoms with E-state index >= 15 is 0 Å². The second-order valence-electron chi connectivity index (χ2n) is 9.42. The number of nitrogens with zero attached hydrogens (tertiary/aromatic N) is 1. The molecule has 5 rings (SSSR count). The molecule has 0 bridgehead atoms. The highest BCUT2D eigenvalue weighted by atomic mass is 32.2. The molecule has 0 unspecified atom stereocenters. The van der Waals surface area contributed by atoms with Crippen LogP contribution in [0.1, 0.15) is 55.2 Å². The van der Waals surface area contributed by atoms with Gasteiger partial charge in [0, 0.05) is 29.4 Å². The molecule has 0 spiro atoms. The number of aliphatic hydroxyl groups excluding tert-OH is 1. The van der Waals surface area contributed by atoms with Crippen LogP contribution in [0.2, 0.25) is 0 Å². The Kier molecular flexibility index (Phi) is 6.31. The van der Waals surface area contributed by atoms with Gasteiger partial charge >= 0.3 is 6.18 Å². The molecule has 0 amide bonds. The molecule has 0 aromatic heterocycles. The van der Waals surface area contributed by atoms with Gasteiger partial charge < -0.3 is 10.0 Å². The minimum absolute atomic E-state index is 0.192. The van der Waals surface area contributed by atoms with E-state index in [-0.39, 0.29) is 11.9 Å². The lowest BCUT2D eigenvalue weighted by Gasteiger charge is -2.36. The first-order valence-electron chi connectivity index (χ1n) is 11.6. The van der Waals surface area contributed by atoms with E-state index in [9.17, 15) is 22.7 Å². The maximum Gasteiger partial charge on any atom is 0.416 e. The van der Waals surface area contributed by atoms with Crippen molar-refractivity contribution in [3.8, 4) is 0 Å². The molecule has 2 aliphatic heterocycles. The molecular weight excluding hydrogens is 450 g/mol. The Morgan fingerprint density at radius 1 is 0.970 bits per heavy atom. The van der Waals surface area contributed by atoms with E-state index < -0.39 is 11.7 Å². The van der Waals surface area contributed by atoms with E-state index in [1.165, 1.54) is 36.0 Å². The Balaban J connectivity index is 1.46. The zero-order valence-electron chi connectivity index (χ0n) is 18.3. The molecule has 2 atom stereocenters. The molecule has 176 valence electrons. The summed E-state index contributed by atoms with van der Waals surface area (Å²) in [4.78, 5) is 3.91. The molecule has 7 heteroatoms. The second kappa shape index (κ2) is 9.08. The van der Waals surface area contributed by atoms with Gasteiger partial charge in [-0.3, -0.25) is 0 Å². The third-order valence-electron chi connectivity index (χ3n) is 7.09. The lowest BCUT2D eigenvalue weighted by atomic mass is 9.85. The van der Waals surface area contributed by atoms with Crippen molar-refractivity contribution in [1.82, 2.24) is 4.90 Å². The van der Waals surface area contributed by atoms with E-state index in [0.717, 1.165) is 90.7 Å². The summed E-state index contributed by atoms with van der Waals surface area (Å²) < 4.78 is 54.4. The Labute approximate surface area is 195 Å². The van der Waals surface area contributed by atoms with Crippen LogP contribution in [-0.2, 0) is 6.18 Å². The van der Waals surface area contributed by atoms with Gasteiger partial charge in [0.2, 0.25) is 0 Å². The molecule has 2 nitrogen and oxygen atoms in total. The smallest absolute Gasteiger partial charge is 0.393 e. The van der Waals surface area contributed by atoms with Crippen LogP contribution in [0.5, 0.6) is 0 Å². The van der Waals surface area contributed by atoms with Crippen molar-refractivity contribution >= 4 is 17.3 Å². The van der Waals surface area contributed by atoms with E-state index in [1.807, 2.05) is 0 Å². The van der Waals surface area contributed by atoms with Gasteiger partial charge in [0.1, 0.15) is 5.82 Å². The van der Waals surface area contributed by atoms with Gasteiger partial charge in [-0.15, -0.1) is 0 Å². The predicted molar refractivity (Wildman–Crippen MR) is 122 cm³/mol. The fraction of sp³-hybridized carbons (Fsp3) is 0.462. The molecule has 1 saturated carbocycles. The number of halogens is 4. The fourth-order valence-electron chi connectivity index (χ4n) is 5.47. The van der Waals surface area contributed by atoms with Crippen molar-refractivity contribution in [3.63, 3.8) is 0 Å². The quantitative estimate of drug-likeness (QED) is 0.413. The zero-order chi connectivity index (χ0) is 23.2. The van der Waals surface area contributed by atoms with Gasteiger partial charge in [-0.25, -0.2) is 4.39 Å². The molecule has 1 N–H and O–H groups in total. The molecule has 1 saturated heterocycles. The lowest BCUT2D eigenvalue weighted by Crippen LogP contribution is -2.37. The summed E-state index contributed by atoms with van der Waals surface area (Å²) in [5.74, 6) is 0.165. The van der Waals surface area contributed by atoms with E-state index in [0.29, 0.717) is 11.5 Å². The normalized spacial score (nSPS) is 23.9. The lowest BCUT2D eigenvalue weighted by molar-refractivity contribution is -0.137. The molecule has 0 radical (unpaired) electrons. The Morgan fingerprint density at radius 2 is 1.76 bits per heavy atom. The third-order valence-corrected chi connectivity index (χ3v) is 8.23. The Morgan fingerprint density at radius 3 is 2.48 bits per heavy atom. The molecule has 3 aliphatic rings. The summed E-state index contributed by atoms with van der Waals surface area (Å²) >= 11 is 1.33. The summed E-state index contributed by atoms with van der Waals surface area (Å²) in [6.45, 7) is 2.67. The Bertz CT molecular complexity index is 1070. The van der Waals surface area contributed by atoms with Crippen molar-refractivity contribution in [3.05, 3.63) is 64.5 Å². The minimum Gasteiger partial charge on any atom is -0.393 e. The van der Waals surface area contributed by atoms with Gasteiger partial charge in [0.15, 0.2) is 0 Å². The third kappa shape index (κ3) is 4.86. The summed E-state index contributed by atoms with van der Waals surface area (Å²) in [6, 6.07) is 8.46. The number of hydrogen-bond donors (Lipinski definition) is 1. The zero-order valence-corrected chi connectivity index (χ0v) is 19.1. The number of rotatable bonds is 2. The first-order valence-corrected chi connectivity index (χ1v) is 12.4. The average molecular weight is 478 g/mol. The molecule has 2 fully saturated rings. The molecule has 1 aliphatic carbocycles. The van der Waals surface area contributed by atoms with E-state index in [2.05, 4.69) is 4.90 Å². The van der Waals surface area contributed by atoms with Crippen LogP contribution < -0.4 is 0 Å². The summed E-state index contributed by atoms with van der Waals surface area (Å²) in [5.41, 5.74) is 2.76. The summed E-state index contributed by atoms with van der Waals surface area (Å²) in [7, 11) is 0. The predicted octanol–water partition coefficient (Wildman–Crippen LogP) is 6.76. The van der Waals surface area contributed by atoms with Crippen LogP contribution in [0.25, 0.3) is 5.57 Å². The highest BCUT2D eigenvalue weighted by Crippen LogP contribution is 2.49. The van der Waals surface area contributed by atoms with Crippen LogP contribution in [0.15, 0.2) is 51.8 Å². The standard InChI is InChI=1S/C26H27F4NOS/c27-19-5-6-21-24(14-19)33-23-7-4-18(26(28,29)30)13-22(23)25(21)17-8-10-31(11-9-17)15-16-2-1-3-20(32)12-16/h4-7,13-14,16,20,32H,1-3,8-12,15H2/t16-,20-/m1/s1. The van der Waals surface area contributed by atoms with Gasteiger partial charge in [-0.2, -0.15) is 13.2 Å². The first-order chi connectivity index (χ1) is 15.8. The second-order valence-corrected chi connectivity index (χ2v) is 10.5. The van der Waals surface area contributed by atoms with Gasteiger partial charge in [-0.05, 0) is 85.1 Å². The monoisotopic (exact) mass is 477 g/mol. The van der Waals surface area contributed by atoms with Crippen LogP contribution in [-0.4, -0.2) is 35.7 Å². The maximum atomic E-state index is 14.0. The number of alkyl halides is 3. The largest absolute Gasteiger partial charge is 0.416 e. The molecule has 2 aromatic carbocycles. The highest BCUT2D eigenvalue weighted by Gasteiger charge is 2.34. The van der Waals surface area contributed by atoms with Crippen molar-refractivity contribution in [1.29, 1.82) is 0 Å². The van der Waals surface area contributed by atoms with Gasteiger partial charge in [0.05, 0.1) is 11.7 Å². The number of piperidine rings is 1. The van der Waals surface area contributed by atoms with Gasteiger partial charge in [-0.1, -0.05) is 29.8 Å². The molecule has 2 aromatic rings. The summed E-state index contributed by atoms with van der Waals surface area (Å²) in [5, 5.41) is 9.97. The molecule has 33 heavy (non-hydrogen) atoms. The van der Waals surface area contributed by atoms with E-state index in [1.54, 1.807) is 6.07 Å². The summed E-state index contributed by atoms with van der Waals surface area (Å²) in [6.07, 6.45) is 0.917. The SMILES string of the molecule is O[C@@H]1CCC[C@@H](CN2CCC(=C3c4ccc(F)cc4Sc4ccc(C(F)(F)F)cc43)CC2)C1. The van der Waals surface area contributed by atoms with Crippen molar-refractivity contribution in [2.75, 3.05) is 19.6 Å². The van der Waals surface area contributed by atoms with Crippen molar-refractivity contribution in [2.24, 2.45) is 5.92 Å². The average Bonchev–Trinajstić information content (AvgIpc) is 2.77. The molecule has 2 heterocycles. The minimum atomic E-state index is -4.41. The number of benzene rings is 2. The van der Waals surface area contributed by atoms with Crippen molar-refractivity contribution in [2.45, 2.75) is 60.6 Å². The molecular formula is C26H27F4NOS. The highest BCUT2D eigenvalue weighted by molar-refractivity contribution is 7.99. The van der Waals surface area contributed by atoms with Crippen LogP contribution in [0, 0.1) is 11.7 Å². The van der Waals surface area contributed by atoms with Gasteiger partial charge in [0.25, 0.3) is 0 Å². The number of hydrogen-bond acceptors (Lipinski definition) is 3. The number of fused-ring (bicyclic) bond motifs is 2. The van der Waals surface area contributed by atoms with Crippen LogP contribution in [0.4, 0.5) is 17.6 Å². The number of aliphatic hydroxyl groups is 1. The van der Waals surface area contributed by atoms with Crippen molar-refractivity contribution < 1.29 is 22.7 Å². The first kappa shape index (κ1) is 22.9. The van der Waals surface area contributed by atoms with Crippen LogP contribution >= 0.6 is 11.8 Å². The Hall–Kier alpha value is -1.83. The maximum absolute atomic E-state index is 14.0.